The van der Waals surface area contributed by atoms with Crippen LogP contribution in [0, 0.1) is 13.8 Å². The number of rotatable bonds is 5. The predicted molar refractivity (Wildman–Crippen MR) is 78.3 cm³/mol. The maximum atomic E-state index is 12.0. The number of nitrogens with one attached hydrogen (secondary N) is 1. The number of aryl methyl sites for hydroxylation is 3. The first-order valence-electron chi connectivity index (χ1n) is 6.59. The Hall–Kier alpha value is -2.63. The van der Waals surface area contributed by atoms with Crippen LogP contribution in [0.1, 0.15) is 28.0 Å². The lowest BCUT2D eigenvalue weighted by molar-refractivity contribution is -0.116. The number of carboxylic acids is 1. The molecule has 2 N–H and O–H groups in total. The highest BCUT2D eigenvalue weighted by molar-refractivity contribution is 5.91. The van der Waals surface area contributed by atoms with E-state index in [0.717, 1.165) is 16.8 Å². The molecule has 6 nitrogen and oxygen atoms in total. The maximum Gasteiger partial charge on any atom is 0.354 e. The molecule has 0 saturated carbocycles. The van der Waals surface area contributed by atoms with Gasteiger partial charge in [0.2, 0.25) is 5.91 Å². The number of nitrogens with zero attached hydrogens (tertiary/aromatic N) is 2. The zero-order chi connectivity index (χ0) is 15.4. The monoisotopic (exact) mass is 287 g/mol. The lowest BCUT2D eigenvalue weighted by atomic mass is 10.1. The number of anilines is 1. The number of benzene rings is 1. The highest BCUT2D eigenvalue weighted by Gasteiger charge is 2.11. The van der Waals surface area contributed by atoms with Crippen LogP contribution in [-0.2, 0) is 11.3 Å². The minimum atomic E-state index is -1.05. The van der Waals surface area contributed by atoms with Crippen LogP contribution in [0.25, 0.3) is 0 Å². The second-order valence-electron chi connectivity index (χ2n) is 4.86. The third-order valence-electron chi connectivity index (χ3n) is 3.15. The molecule has 0 aliphatic heterocycles. The van der Waals surface area contributed by atoms with Gasteiger partial charge in [0, 0.05) is 18.3 Å². The molecule has 0 saturated heterocycles. The van der Waals surface area contributed by atoms with E-state index in [1.807, 2.05) is 32.0 Å². The van der Waals surface area contributed by atoms with Gasteiger partial charge >= 0.3 is 5.97 Å². The van der Waals surface area contributed by atoms with Crippen molar-refractivity contribution >= 4 is 17.6 Å². The van der Waals surface area contributed by atoms with Crippen LogP contribution in [0.15, 0.2) is 30.5 Å². The minimum Gasteiger partial charge on any atom is -0.477 e. The van der Waals surface area contributed by atoms with Crippen LogP contribution in [0.5, 0.6) is 0 Å². The van der Waals surface area contributed by atoms with Gasteiger partial charge in [0.15, 0.2) is 0 Å². The van der Waals surface area contributed by atoms with Gasteiger partial charge < -0.3 is 10.4 Å². The molecule has 1 amide bonds. The van der Waals surface area contributed by atoms with Crippen molar-refractivity contribution in [3.63, 3.8) is 0 Å². The second-order valence-corrected chi connectivity index (χ2v) is 4.86. The smallest absolute Gasteiger partial charge is 0.354 e. The van der Waals surface area contributed by atoms with Crippen molar-refractivity contribution in [1.29, 1.82) is 0 Å². The van der Waals surface area contributed by atoms with Crippen molar-refractivity contribution in [2.75, 3.05) is 5.32 Å². The summed E-state index contributed by atoms with van der Waals surface area (Å²) in [7, 11) is 0. The summed E-state index contributed by atoms with van der Waals surface area (Å²) in [5.41, 5.74) is 2.91. The molecule has 2 rings (SSSR count). The number of hydrogen-bond donors (Lipinski definition) is 2. The largest absolute Gasteiger partial charge is 0.477 e. The summed E-state index contributed by atoms with van der Waals surface area (Å²) in [4.78, 5) is 22.9. The van der Waals surface area contributed by atoms with Gasteiger partial charge in [0.05, 0.1) is 6.54 Å². The molecule has 0 unspecified atom stereocenters. The molecule has 1 aromatic carbocycles. The Bertz CT molecular complexity index is 677. The van der Waals surface area contributed by atoms with E-state index in [2.05, 4.69) is 10.4 Å². The third kappa shape index (κ3) is 3.68. The molecule has 1 aromatic heterocycles. The Labute approximate surface area is 122 Å². The van der Waals surface area contributed by atoms with E-state index in [-0.39, 0.29) is 24.6 Å². The maximum absolute atomic E-state index is 12.0. The highest BCUT2D eigenvalue weighted by Crippen LogP contribution is 2.16. The number of aromatic carboxylic acids is 1. The highest BCUT2D eigenvalue weighted by atomic mass is 16.4. The molecule has 2 aromatic rings. The number of carboxylic acid groups (broad SMARTS) is 1. The van der Waals surface area contributed by atoms with Crippen molar-refractivity contribution in [2.45, 2.75) is 26.8 Å². The average molecular weight is 287 g/mol. The summed E-state index contributed by atoms with van der Waals surface area (Å²) in [5, 5.41) is 15.7. The van der Waals surface area contributed by atoms with E-state index < -0.39 is 5.97 Å². The zero-order valence-corrected chi connectivity index (χ0v) is 12.0. The van der Waals surface area contributed by atoms with Gasteiger partial charge in [-0.15, -0.1) is 0 Å². The van der Waals surface area contributed by atoms with Crippen molar-refractivity contribution in [1.82, 2.24) is 9.78 Å². The third-order valence-corrected chi connectivity index (χ3v) is 3.15. The Morgan fingerprint density at radius 2 is 2.05 bits per heavy atom. The molecule has 0 fully saturated rings. The van der Waals surface area contributed by atoms with Crippen LogP contribution in [-0.4, -0.2) is 26.8 Å². The summed E-state index contributed by atoms with van der Waals surface area (Å²) in [5.74, 6) is -1.22. The molecule has 0 radical (unpaired) electrons. The lowest BCUT2D eigenvalue weighted by Crippen LogP contribution is -2.18. The molecule has 0 aliphatic carbocycles. The van der Waals surface area contributed by atoms with Crippen molar-refractivity contribution < 1.29 is 14.7 Å². The Kier molecular flexibility index (Phi) is 4.37. The first-order valence-corrected chi connectivity index (χ1v) is 6.59. The van der Waals surface area contributed by atoms with Gasteiger partial charge in [-0.3, -0.25) is 9.48 Å². The molecule has 110 valence electrons. The van der Waals surface area contributed by atoms with Crippen LogP contribution >= 0.6 is 0 Å². The summed E-state index contributed by atoms with van der Waals surface area (Å²) in [6.45, 7) is 4.11. The molecular formula is C15H17N3O3. The molecule has 21 heavy (non-hydrogen) atoms. The number of hydrogen-bond acceptors (Lipinski definition) is 3. The summed E-state index contributed by atoms with van der Waals surface area (Å²) >= 11 is 0. The first-order chi connectivity index (χ1) is 9.97. The SMILES string of the molecule is Cc1ccc(C)c(NC(=O)CCn2nccc2C(=O)O)c1. The van der Waals surface area contributed by atoms with Crippen molar-refractivity contribution in [2.24, 2.45) is 0 Å². The van der Waals surface area contributed by atoms with Gasteiger partial charge in [0.1, 0.15) is 5.69 Å². The zero-order valence-electron chi connectivity index (χ0n) is 12.0. The Morgan fingerprint density at radius 3 is 2.76 bits per heavy atom. The minimum absolute atomic E-state index is 0.0783. The second kappa shape index (κ2) is 6.21. The van der Waals surface area contributed by atoms with Crippen LogP contribution in [0.4, 0.5) is 5.69 Å². The number of carbonyl (C=O) groups excluding carboxylic acids is 1. The summed E-state index contributed by atoms with van der Waals surface area (Å²) in [6, 6.07) is 7.24. The van der Waals surface area contributed by atoms with Crippen LogP contribution in [0.3, 0.4) is 0 Å². The molecular weight excluding hydrogens is 270 g/mol. The van der Waals surface area contributed by atoms with Gasteiger partial charge in [-0.1, -0.05) is 12.1 Å². The molecule has 0 aliphatic rings. The Morgan fingerprint density at radius 1 is 1.29 bits per heavy atom. The fourth-order valence-electron chi connectivity index (χ4n) is 1.98. The lowest BCUT2D eigenvalue weighted by Gasteiger charge is -2.10. The molecule has 0 spiro atoms. The first kappa shape index (κ1) is 14.8. The molecule has 0 atom stereocenters. The van der Waals surface area contributed by atoms with Gasteiger partial charge in [0.25, 0.3) is 0 Å². The van der Waals surface area contributed by atoms with Crippen LogP contribution < -0.4 is 5.32 Å². The van der Waals surface area contributed by atoms with Crippen molar-refractivity contribution in [3.8, 4) is 0 Å². The molecule has 0 bridgehead atoms. The molecule has 6 heteroatoms. The van der Waals surface area contributed by atoms with Crippen molar-refractivity contribution in [3.05, 3.63) is 47.3 Å². The number of amides is 1. The standard InChI is InChI=1S/C15H17N3O3/c1-10-3-4-11(2)12(9-10)17-14(19)6-8-18-13(15(20)21)5-7-16-18/h3-5,7,9H,6,8H2,1-2H3,(H,17,19)(H,20,21). The fourth-order valence-corrected chi connectivity index (χ4v) is 1.98. The van der Waals surface area contributed by atoms with E-state index in [1.54, 1.807) is 0 Å². The summed E-state index contributed by atoms with van der Waals surface area (Å²) < 4.78 is 1.31. The van der Waals surface area contributed by atoms with E-state index >= 15 is 0 Å². The summed E-state index contributed by atoms with van der Waals surface area (Å²) in [6.07, 6.45) is 1.57. The van der Waals surface area contributed by atoms with E-state index in [4.69, 9.17) is 5.11 Å². The van der Waals surface area contributed by atoms with Gasteiger partial charge in [-0.2, -0.15) is 5.10 Å². The number of aromatic nitrogens is 2. The topological polar surface area (TPSA) is 84.2 Å². The fraction of sp³-hybridized carbons (Fsp3) is 0.267. The van der Waals surface area contributed by atoms with Crippen LogP contribution in [0.2, 0.25) is 0 Å². The molecule has 1 heterocycles. The average Bonchev–Trinajstić information content (AvgIpc) is 2.89. The number of carbonyl (C=O) groups is 2. The van der Waals surface area contributed by atoms with Gasteiger partial charge in [-0.05, 0) is 37.1 Å². The van der Waals surface area contributed by atoms with E-state index in [1.165, 1.54) is 16.9 Å². The van der Waals surface area contributed by atoms with E-state index in [9.17, 15) is 9.59 Å². The van der Waals surface area contributed by atoms with Gasteiger partial charge in [-0.25, -0.2) is 4.79 Å². The van der Waals surface area contributed by atoms with E-state index in [0.29, 0.717) is 0 Å². The Balaban J connectivity index is 1.98. The predicted octanol–water partition coefficient (Wildman–Crippen LogP) is 2.23. The quantitative estimate of drug-likeness (QED) is 0.883. The normalized spacial score (nSPS) is 10.4.